The SMILES string of the molecule is COc1ccccc1C(=O)Nc1ccc(NCc2ccc(C)cc2)nc1. The van der Waals surface area contributed by atoms with Crippen LogP contribution in [0, 0.1) is 6.92 Å². The van der Waals surface area contributed by atoms with Gasteiger partial charge in [-0.05, 0) is 36.8 Å². The lowest BCUT2D eigenvalue weighted by Crippen LogP contribution is -2.13. The van der Waals surface area contributed by atoms with Crippen molar-refractivity contribution >= 4 is 17.4 Å². The maximum Gasteiger partial charge on any atom is 0.259 e. The van der Waals surface area contributed by atoms with Crippen LogP contribution in [-0.4, -0.2) is 18.0 Å². The number of rotatable bonds is 6. The maximum atomic E-state index is 12.4. The number of nitrogens with zero attached hydrogens (tertiary/aromatic N) is 1. The van der Waals surface area contributed by atoms with E-state index in [2.05, 4.69) is 46.8 Å². The van der Waals surface area contributed by atoms with Crippen LogP contribution in [0.5, 0.6) is 5.75 Å². The van der Waals surface area contributed by atoms with Crippen LogP contribution in [0.2, 0.25) is 0 Å². The molecular formula is C21H21N3O2. The minimum absolute atomic E-state index is 0.232. The first-order chi connectivity index (χ1) is 12.7. The van der Waals surface area contributed by atoms with Crippen LogP contribution in [0.3, 0.4) is 0 Å². The van der Waals surface area contributed by atoms with Gasteiger partial charge in [0.15, 0.2) is 0 Å². The molecule has 0 radical (unpaired) electrons. The molecule has 132 valence electrons. The van der Waals surface area contributed by atoms with Gasteiger partial charge in [0.25, 0.3) is 5.91 Å². The number of carbonyl (C=O) groups is 1. The van der Waals surface area contributed by atoms with Crippen molar-refractivity contribution in [2.75, 3.05) is 17.7 Å². The molecule has 5 heteroatoms. The molecule has 0 aliphatic carbocycles. The highest BCUT2D eigenvalue weighted by Gasteiger charge is 2.11. The van der Waals surface area contributed by atoms with E-state index in [1.165, 1.54) is 11.1 Å². The summed E-state index contributed by atoms with van der Waals surface area (Å²) in [6.07, 6.45) is 1.63. The van der Waals surface area contributed by atoms with Crippen LogP contribution < -0.4 is 15.4 Å². The van der Waals surface area contributed by atoms with Gasteiger partial charge in [-0.25, -0.2) is 4.98 Å². The minimum Gasteiger partial charge on any atom is -0.496 e. The first-order valence-electron chi connectivity index (χ1n) is 8.35. The second-order valence-electron chi connectivity index (χ2n) is 5.93. The van der Waals surface area contributed by atoms with Gasteiger partial charge in [-0.15, -0.1) is 0 Å². The summed E-state index contributed by atoms with van der Waals surface area (Å²) in [5, 5.41) is 6.10. The molecule has 0 saturated carbocycles. The zero-order valence-corrected chi connectivity index (χ0v) is 14.8. The number of aromatic nitrogens is 1. The van der Waals surface area contributed by atoms with E-state index in [1.807, 2.05) is 18.2 Å². The Labute approximate surface area is 153 Å². The third kappa shape index (κ3) is 4.39. The van der Waals surface area contributed by atoms with E-state index < -0.39 is 0 Å². The van der Waals surface area contributed by atoms with E-state index >= 15 is 0 Å². The number of para-hydroxylation sites is 1. The molecule has 26 heavy (non-hydrogen) atoms. The average Bonchev–Trinajstić information content (AvgIpc) is 2.68. The number of anilines is 2. The lowest BCUT2D eigenvalue weighted by Gasteiger charge is -2.10. The number of hydrogen-bond acceptors (Lipinski definition) is 4. The highest BCUT2D eigenvalue weighted by molar-refractivity contribution is 6.06. The van der Waals surface area contributed by atoms with E-state index in [9.17, 15) is 4.79 Å². The van der Waals surface area contributed by atoms with Gasteiger partial charge in [-0.2, -0.15) is 0 Å². The topological polar surface area (TPSA) is 63.2 Å². The second kappa shape index (κ2) is 8.16. The number of methoxy groups -OCH3 is 1. The van der Waals surface area contributed by atoms with Gasteiger partial charge >= 0.3 is 0 Å². The monoisotopic (exact) mass is 347 g/mol. The molecule has 3 aromatic rings. The molecule has 2 N–H and O–H groups in total. The normalized spacial score (nSPS) is 10.2. The van der Waals surface area contributed by atoms with Crippen LogP contribution in [-0.2, 0) is 6.54 Å². The average molecular weight is 347 g/mol. The smallest absolute Gasteiger partial charge is 0.259 e. The third-order valence-corrected chi connectivity index (χ3v) is 3.97. The Morgan fingerprint density at radius 1 is 1.04 bits per heavy atom. The molecule has 0 saturated heterocycles. The van der Waals surface area contributed by atoms with E-state index in [0.29, 0.717) is 23.5 Å². The Balaban J connectivity index is 1.60. The largest absolute Gasteiger partial charge is 0.496 e. The standard InChI is InChI=1S/C21H21N3O2/c1-15-7-9-16(10-8-15)13-22-20-12-11-17(14-23-20)24-21(25)18-5-3-4-6-19(18)26-2/h3-12,14H,13H2,1-2H3,(H,22,23)(H,24,25). The summed E-state index contributed by atoms with van der Waals surface area (Å²) in [7, 11) is 1.54. The molecule has 2 aromatic carbocycles. The van der Waals surface area contributed by atoms with E-state index in [1.54, 1.807) is 31.5 Å². The maximum absolute atomic E-state index is 12.4. The quantitative estimate of drug-likeness (QED) is 0.699. The van der Waals surface area contributed by atoms with Gasteiger partial charge in [-0.3, -0.25) is 4.79 Å². The van der Waals surface area contributed by atoms with Crippen LogP contribution >= 0.6 is 0 Å². The van der Waals surface area contributed by atoms with Gasteiger partial charge in [0.2, 0.25) is 0 Å². The van der Waals surface area contributed by atoms with Crippen LogP contribution in [0.4, 0.5) is 11.5 Å². The summed E-state index contributed by atoms with van der Waals surface area (Å²) < 4.78 is 5.22. The molecular weight excluding hydrogens is 326 g/mol. The molecule has 1 heterocycles. The molecule has 0 spiro atoms. The van der Waals surface area contributed by atoms with Crippen molar-refractivity contribution in [3.63, 3.8) is 0 Å². The van der Waals surface area contributed by atoms with Gasteiger partial charge in [0.1, 0.15) is 11.6 Å². The minimum atomic E-state index is -0.232. The Hall–Kier alpha value is -3.34. The molecule has 0 fully saturated rings. The summed E-state index contributed by atoms with van der Waals surface area (Å²) in [6.45, 7) is 2.76. The van der Waals surface area contributed by atoms with Crippen molar-refractivity contribution in [2.24, 2.45) is 0 Å². The summed E-state index contributed by atoms with van der Waals surface area (Å²) in [5.41, 5.74) is 3.53. The number of amides is 1. The predicted octanol–water partition coefficient (Wildman–Crippen LogP) is 4.26. The number of pyridine rings is 1. The van der Waals surface area contributed by atoms with Gasteiger partial charge < -0.3 is 15.4 Å². The zero-order valence-electron chi connectivity index (χ0n) is 14.8. The molecule has 0 aliphatic rings. The van der Waals surface area contributed by atoms with Crippen molar-refractivity contribution in [2.45, 2.75) is 13.5 Å². The first-order valence-corrected chi connectivity index (χ1v) is 8.35. The fraction of sp³-hybridized carbons (Fsp3) is 0.143. The number of aryl methyl sites for hydroxylation is 1. The van der Waals surface area contributed by atoms with E-state index in [4.69, 9.17) is 4.74 Å². The van der Waals surface area contributed by atoms with Gasteiger partial charge in [0, 0.05) is 6.54 Å². The van der Waals surface area contributed by atoms with E-state index in [-0.39, 0.29) is 5.91 Å². The fourth-order valence-electron chi connectivity index (χ4n) is 2.50. The highest BCUT2D eigenvalue weighted by Crippen LogP contribution is 2.19. The number of nitrogens with one attached hydrogen (secondary N) is 2. The molecule has 0 atom stereocenters. The molecule has 0 bridgehead atoms. The molecule has 3 rings (SSSR count). The summed E-state index contributed by atoms with van der Waals surface area (Å²) in [6, 6.07) is 19.1. The van der Waals surface area contributed by atoms with Crippen molar-refractivity contribution < 1.29 is 9.53 Å². The number of benzene rings is 2. The van der Waals surface area contributed by atoms with Crippen molar-refractivity contribution in [1.82, 2.24) is 4.98 Å². The predicted molar refractivity (Wildman–Crippen MR) is 104 cm³/mol. The van der Waals surface area contributed by atoms with E-state index in [0.717, 1.165) is 5.82 Å². The second-order valence-corrected chi connectivity index (χ2v) is 5.93. The van der Waals surface area contributed by atoms with Gasteiger partial charge in [-0.1, -0.05) is 42.0 Å². The van der Waals surface area contributed by atoms with Crippen molar-refractivity contribution in [1.29, 1.82) is 0 Å². The third-order valence-electron chi connectivity index (χ3n) is 3.97. The Morgan fingerprint density at radius 3 is 2.50 bits per heavy atom. The first kappa shape index (κ1) is 17.5. The fourth-order valence-corrected chi connectivity index (χ4v) is 2.50. The molecule has 1 aromatic heterocycles. The Kier molecular flexibility index (Phi) is 5.49. The Morgan fingerprint density at radius 2 is 1.81 bits per heavy atom. The van der Waals surface area contributed by atoms with Crippen molar-refractivity contribution in [3.05, 3.63) is 83.6 Å². The Bertz CT molecular complexity index is 875. The summed E-state index contributed by atoms with van der Waals surface area (Å²) in [5.74, 6) is 1.06. The summed E-state index contributed by atoms with van der Waals surface area (Å²) in [4.78, 5) is 16.7. The molecule has 1 amide bonds. The lowest BCUT2D eigenvalue weighted by atomic mass is 10.1. The molecule has 0 unspecified atom stereocenters. The van der Waals surface area contributed by atoms with Crippen molar-refractivity contribution in [3.8, 4) is 5.75 Å². The highest BCUT2D eigenvalue weighted by atomic mass is 16.5. The van der Waals surface area contributed by atoms with Crippen LogP contribution in [0.15, 0.2) is 66.9 Å². The van der Waals surface area contributed by atoms with Crippen LogP contribution in [0.1, 0.15) is 21.5 Å². The number of hydrogen-bond donors (Lipinski definition) is 2. The summed E-state index contributed by atoms with van der Waals surface area (Å²) >= 11 is 0. The number of carbonyl (C=O) groups excluding carboxylic acids is 1. The molecule has 0 aliphatic heterocycles. The molecule has 5 nitrogen and oxygen atoms in total. The van der Waals surface area contributed by atoms with Gasteiger partial charge in [0.05, 0.1) is 24.6 Å². The van der Waals surface area contributed by atoms with Crippen LogP contribution in [0.25, 0.3) is 0 Å². The zero-order chi connectivity index (χ0) is 18.4. The number of ether oxygens (including phenoxy) is 1. The lowest BCUT2D eigenvalue weighted by molar-refractivity contribution is 0.102.